The van der Waals surface area contributed by atoms with Crippen LogP contribution in [-0.2, 0) is 6.18 Å². The quantitative estimate of drug-likeness (QED) is 0.864. The maximum Gasteiger partial charge on any atom is 0.416 e. The number of pyridine rings is 1. The highest BCUT2D eigenvalue weighted by molar-refractivity contribution is 5.39. The number of alkyl halides is 3. The Morgan fingerprint density at radius 2 is 2.11 bits per heavy atom. The van der Waals surface area contributed by atoms with Crippen LogP contribution in [0.3, 0.4) is 0 Å². The van der Waals surface area contributed by atoms with Crippen LogP contribution in [0.4, 0.5) is 19.0 Å². The number of nitrogens with one attached hydrogen (secondary N) is 1. The van der Waals surface area contributed by atoms with E-state index >= 15 is 0 Å². The monoisotopic (exact) mass is 258 g/mol. The van der Waals surface area contributed by atoms with E-state index in [1.54, 1.807) is 0 Å². The van der Waals surface area contributed by atoms with Crippen LogP contribution in [0.25, 0.3) is 0 Å². The molecular weight excluding hydrogens is 241 g/mol. The van der Waals surface area contributed by atoms with E-state index in [4.69, 9.17) is 0 Å². The maximum atomic E-state index is 12.6. The zero-order chi connectivity index (χ0) is 13.2. The summed E-state index contributed by atoms with van der Waals surface area (Å²) >= 11 is 0. The molecule has 1 heterocycles. The van der Waals surface area contributed by atoms with Gasteiger partial charge in [0.2, 0.25) is 0 Å². The van der Waals surface area contributed by atoms with Gasteiger partial charge in [0.25, 0.3) is 0 Å². The minimum absolute atomic E-state index is 0.240. The van der Waals surface area contributed by atoms with Gasteiger partial charge >= 0.3 is 6.18 Å². The Kier molecular flexibility index (Phi) is 3.78. The van der Waals surface area contributed by atoms with Crippen molar-refractivity contribution in [3.8, 4) is 0 Å². The molecule has 18 heavy (non-hydrogen) atoms. The first-order valence-corrected chi connectivity index (χ1v) is 6.25. The van der Waals surface area contributed by atoms with Gasteiger partial charge in [-0.25, -0.2) is 4.98 Å². The van der Waals surface area contributed by atoms with Crippen LogP contribution < -0.4 is 5.32 Å². The van der Waals surface area contributed by atoms with Gasteiger partial charge < -0.3 is 5.32 Å². The molecule has 0 bridgehead atoms. The van der Waals surface area contributed by atoms with Crippen molar-refractivity contribution in [1.82, 2.24) is 4.98 Å². The molecule has 1 aromatic rings. The van der Waals surface area contributed by atoms with Crippen molar-refractivity contribution in [2.75, 3.05) is 5.32 Å². The Morgan fingerprint density at radius 3 is 2.78 bits per heavy atom. The van der Waals surface area contributed by atoms with Gasteiger partial charge in [-0.1, -0.05) is 19.8 Å². The molecule has 1 fully saturated rings. The largest absolute Gasteiger partial charge is 0.416 e. The first-order valence-electron chi connectivity index (χ1n) is 6.25. The molecule has 0 radical (unpaired) electrons. The number of hydrogen-bond donors (Lipinski definition) is 1. The standard InChI is InChI=1S/C13H17F3N2/c1-9-3-2-4-11(7-9)18-12-8-10(5-6-17-12)13(14,15)16/h5-6,8-9,11H,2-4,7H2,1H3,(H,17,18). The van der Waals surface area contributed by atoms with Crippen LogP contribution in [0, 0.1) is 5.92 Å². The van der Waals surface area contributed by atoms with Crippen LogP contribution in [0.5, 0.6) is 0 Å². The molecule has 0 amide bonds. The second kappa shape index (κ2) is 5.16. The number of aromatic nitrogens is 1. The predicted molar refractivity (Wildman–Crippen MR) is 64.3 cm³/mol. The lowest BCUT2D eigenvalue weighted by atomic mass is 9.87. The zero-order valence-electron chi connectivity index (χ0n) is 10.3. The summed E-state index contributed by atoms with van der Waals surface area (Å²) in [4.78, 5) is 3.96. The third-order valence-corrected chi connectivity index (χ3v) is 3.38. The molecule has 1 aliphatic carbocycles. The van der Waals surface area contributed by atoms with E-state index in [-0.39, 0.29) is 6.04 Å². The third-order valence-electron chi connectivity index (χ3n) is 3.38. The first-order chi connectivity index (χ1) is 8.45. The molecule has 0 saturated heterocycles. The molecule has 1 aromatic heterocycles. The summed E-state index contributed by atoms with van der Waals surface area (Å²) in [6, 6.07) is 2.32. The Bertz CT molecular complexity index is 403. The summed E-state index contributed by atoms with van der Waals surface area (Å²) in [7, 11) is 0. The maximum absolute atomic E-state index is 12.6. The highest BCUT2D eigenvalue weighted by atomic mass is 19.4. The van der Waals surface area contributed by atoms with E-state index in [0.29, 0.717) is 11.7 Å². The highest BCUT2D eigenvalue weighted by Crippen LogP contribution is 2.31. The van der Waals surface area contributed by atoms with Gasteiger partial charge in [-0.05, 0) is 30.9 Å². The Labute approximate surface area is 105 Å². The van der Waals surface area contributed by atoms with E-state index < -0.39 is 11.7 Å². The Balaban J connectivity index is 2.05. The van der Waals surface area contributed by atoms with Gasteiger partial charge in [0.15, 0.2) is 0 Å². The topological polar surface area (TPSA) is 24.9 Å². The Morgan fingerprint density at radius 1 is 1.33 bits per heavy atom. The van der Waals surface area contributed by atoms with Crippen molar-refractivity contribution in [3.63, 3.8) is 0 Å². The van der Waals surface area contributed by atoms with Crippen LogP contribution in [0.15, 0.2) is 18.3 Å². The van der Waals surface area contributed by atoms with Crippen molar-refractivity contribution in [2.24, 2.45) is 5.92 Å². The van der Waals surface area contributed by atoms with Gasteiger partial charge in [0, 0.05) is 12.2 Å². The summed E-state index contributed by atoms with van der Waals surface area (Å²) in [5.74, 6) is 0.950. The van der Waals surface area contributed by atoms with Crippen molar-refractivity contribution < 1.29 is 13.2 Å². The summed E-state index contributed by atoms with van der Waals surface area (Å²) in [6.45, 7) is 2.17. The van der Waals surface area contributed by atoms with Crippen LogP contribution >= 0.6 is 0 Å². The molecule has 1 N–H and O–H groups in total. The second-order valence-corrected chi connectivity index (χ2v) is 5.04. The van der Waals surface area contributed by atoms with Gasteiger partial charge in [0.1, 0.15) is 5.82 Å². The van der Waals surface area contributed by atoms with E-state index in [0.717, 1.165) is 31.4 Å². The fourth-order valence-corrected chi connectivity index (χ4v) is 2.46. The predicted octanol–water partition coefficient (Wildman–Crippen LogP) is 4.09. The lowest BCUT2D eigenvalue weighted by Gasteiger charge is -2.28. The van der Waals surface area contributed by atoms with Crippen LogP contribution in [0.2, 0.25) is 0 Å². The van der Waals surface area contributed by atoms with E-state index in [9.17, 15) is 13.2 Å². The van der Waals surface area contributed by atoms with Gasteiger partial charge in [0.05, 0.1) is 5.56 Å². The fourth-order valence-electron chi connectivity index (χ4n) is 2.46. The molecule has 2 rings (SSSR count). The van der Waals surface area contributed by atoms with E-state index in [1.165, 1.54) is 12.6 Å². The van der Waals surface area contributed by atoms with Gasteiger partial charge in [-0.3, -0.25) is 0 Å². The summed E-state index contributed by atoms with van der Waals surface area (Å²) in [6.07, 6.45) is 1.23. The first kappa shape index (κ1) is 13.2. The fraction of sp³-hybridized carbons (Fsp3) is 0.615. The third kappa shape index (κ3) is 3.37. The average Bonchev–Trinajstić information content (AvgIpc) is 2.28. The summed E-state index contributed by atoms with van der Waals surface area (Å²) in [5, 5.41) is 3.11. The number of hydrogen-bond acceptors (Lipinski definition) is 2. The minimum Gasteiger partial charge on any atom is -0.367 e. The minimum atomic E-state index is -4.31. The van der Waals surface area contributed by atoms with Crippen molar-refractivity contribution in [1.29, 1.82) is 0 Å². The van der Waals surface area contributed by atoms with Gasteiger partial charge in [-0.15, -0.1) is 0 Å². The molecule has 2 nitrogen and oxygen atoms in total. The molecule has 0 aromatic carbocycles. The molecule has 5 heteroatoms. The normalized spacial score (nSPS) is 24.9. The number of rotatable bonds is 2. The summed E-state index contributed by atoms with van der Waals surface area (Å²) < 4.78 is 37.7. The molecule has 0 aliphatic heterocycles. The lowest BCUT2D eigenvalue weighted by Crippen LogP contribution is -2.26. The molecule has 2 unspecified atom stereocenters. The number of halogens is 3. The molecule has 0 spiro atoms. The lowest BCUT2D eigenvalue weighted by molar-refractivity contribution is -0.137. The molecular formula is C13H17F3N2. The molecule has 1 saturated carbocycles. The van der Waals surface area contributed by atoms with Gasteiger partial charge in [-0.2, -0.15) is 13.2 Å². The molecule has 1 aliphatic rings. The van der Waals surface area contributed by atoms with Crippen molar-refractivity contribution in [2.45, 2.75) is 44.8 Å². The van der Waals surface area contributed by atoms with Crippen molar-refractivity contribution >= 4 is 5.82 Å². The SMILES string of the molecule is CC1CCCC(Nc2cc(C(F)(F)F)ccn2)C1. The molecule has 100 valence electrons. The number of anilines is 1. The molecule has 2 atom stereocenters. The second-order valence-electron chi connectivity index (χ2n) is 5.04. The highest BCUT2D eigenvalue weighted by Gasteiger charge is 2.31. The van der Waals surface area contributed by atoms with E-state index in [1.807, 2.05) is 0 Å². The smallest absolute Gasteiger partial charge is 0.367 e. The van der Waals surface area contributed by atoms with Crippen LogP contribution in [0.1, 0.15) is 38.2 Å². The van der Waals surface area contributed by atoms with Crippen LogP contribution in [-0.4, -0.2) is 11.0 Å². The number of nitrogens with zero attached hydrogens (tertiary/aromatic N) is 1. The Hall–Kier alpha value is -1.26. The zero-order valence-corrected chi connectivity index (χ0v) is 10.3. The van der Waals surface area contributed by atoms with Crippen molar-refractivity contribution in [3.05, 3.63) is 23.9 Å². The van der Waals surface area contributed by atoms with E-state index in [2.05, 4.69) is 17.2 Å². The average molecular weight is 258 g/mol. The summed E-state index contributed by atoms with van der Waals surface area (Å²) in [5.41, 5.74) is -0.649.